The van der Waals surface area contributed by atoms with E-state index in [4.69, 9.17) is 4.11 Å². The molecule has 10 aromatic rings. The summed E-state index contributed by atoms with van der Waals surface area (Å²) in [6.45, 7) is 13.8. The molecule has 0 amide bonds. The molecule has 0 saturated carbocycles. The van der Waals surface area contributed by atoms with Gasteiger partial charge in [0.05, 0.1) is 23.6 Å². The Hall–Kier alpha value is -7.42. The number of benzene rings is 9. The van der Waals surface area contributed by atoms with Crippen LogP contribution in [0.1, 0.15) is 81.8 Å². The molecule has 0 aliphatic heterocycles. The number of hydrogen-bond donors (Lipinski definition) is 0. The van der Waals surface area contributed by atoms with Gasteiger partial charge in [-0.3, -0.25) is 0 Å². The van der Waals surface area contributed by atoms with E-state index >= 15 is 0 Å². The van der Waals surface area contributed by atoms with Crippen molar-refractivity contribution in [3.05, 3.63) is 227 Å². The van der Waals surface area contributed by atoms with Crippen molar-refractivity contribution < 1.29 is 6.85 Å². The van der Waals surface area contributed by atoms with Crippen LogP contribution in [0.25, 0.3) is 72.0 Å². The van der Waals surface area contributed by atoms with Gasteiger partial charge in [0, 0.05) is 55.2 Å². The highest BCUT2D eigenvalue weighted by Crippen LogP contribution is 2.56. The molecule has 0 spiro atoms. The van der Waals surface area contributed by atoms with Crippen LogP contribution >= 0.6 is 0 Å². The molecular weight excluding hydrogens is 785 g/mol. The maximum Gasteiger partial charge on any atom is 0.0629 e. The van der Waals surface area contributed by atoms with E-state index in [9.17, 15) is 2.74 Å². The van der Waals surface area contributed by atoms with Gasteiger partial charge >= 0.3 is 0 Å². The molecule has 1 aromatic heterocycles. The molecule has 3 aliphatic rings. The molecule has 0 atom stereocenters. The maximum absolute atomic E-state index is 9.38. The second-order valence-corrected chi connectivity index (χ2v) is 19.7. The Morgan fingerprint density at radius 1 is 0.385 bits per heavy atom. The van der Waals surface area contributed by atoms with Crippen LogP contribution < -0.4 is 4.90 Å². The summed E-state index contributed by atoms with van der Waals surface area (Å²) >= 11 is 0. The van der Waals surface area contributed by atoms with Crippen molar-refractivity contribution in [1.82, 2.24) is 4.57 Å². The van der Waals surface area contributed by atoms with Crippen LogP contribution in [-0.2, 0) is 16.2 Å². The Labute approximate surface area is 389 Å². The highest BCUT2D eigenvalue weighted by atomic mass is 15.1. The SMILES string of the molecule is [2H]c1c([2H])c([2H])c(-c2ccc3c(c2-n2c4ccccc4c4ccc(N(c5ccc6c(c5)C(C)(C)c5ccccc5-6)c5ccc6c(c5)C(C)(C)c5ccccc5-6)cc42)-c2ccccc2C3(C)C)c([2H])c1[2H]. The average Bonchev–Trinajstić information content (AvgIpc) is 3.98. The molecule has 13 rings (SSSR count). The van der Waals surface area contributed by atoms with Crippen molar-refractivity contribution in [3.63, 3.8) is 0 Å². The first-order chi connectivity index (χ1) is 33.6. The molecule has 0 N–H and O–H groups in total. The van der Waals surface area contributed by atoms with E-state index in [-0.39, 0.29) is 46.0 Å². The van der Waals surface area contributed by atoms with Crippen LogP contribution in [0.2, 0.25) is 0 Å². The Kier molecular flexibility index (Phi) is 6.79. The molecule has 3 aliphatic carbocycles. The first-order valence-corrected chi connectivity index (χ1v) is 22.8. The van der Waals surface area contributed by atoms with Gasteiger partial charge in [-0.15, -0.1) is 0 Å². The van der Waals surface area contributed by atoms with E-state index < -0.39 is 6.04 Å². The molecule has 2 heteroatoms. The maximum atomic E-state index is 9.38. The van der Waals surface area contributed by atoms with Crippen LogP contribution in [0.3, 0.4) is 0 Å². The van der Waals surface area contributed by atoms with Gasteiger partial charge in [-0.2, -0.15) is 0 Å². The Morgan fingerprint density at radius 2 is 0.846 bits per heavy atom. The highest BCUT2D eigenvalue weighted by Gasteiger charge is 2.40. The summed E-state index contributed by atoms with van der Waals surface area (Å²) < 4.78 is 47.4. The lowest BCUT2D eigenvalue weighted by Crippen LogP contribution is -2.18. The largest absolute Gasteiger partial charge is 0.310 e. The molecule has 65 heavy (non-hydrogen) atoms. The third-order valence-corrected chi connectivity index (χ3v) is 15.3. The zero-order chi connectivity index (χ0) is 48.3. The highest BCUT2D eigenvalue weighted by molar-refractivity contribution is 6.12. The van der Waals surface area contributed by atoms with Crippen molar-refractivity contribution in [3.8, 4) is 50.2 Å². The van der Waals surface area contributed by atoms with Gasteiger partial charge < -0.3 is 9.47 Å². The minimum atomic E-state index is -0.410. The van der Waals surface area contributed by atoms with Crippen LogP contribution in [0, 0.1) is 0 Å². The smallest absolute Gasteiger partial charge is 0.0629 e. The predicted octanol–water partition coefficient (Wildman–Crippen LogP) is 16.8. The van der Waals surface area contributed by atoms with Gasteiger partial charge in [0.1, 0.15) is 0 Å². The van der Waals surface area contributed by atoms with Gasteiger partial charge in [-0.25, -0.2) is 0 Å². The lowest BCUT2D eigenvalue weighted by atomic mass is 9.82. The fourth-order valence-electron chi connectivity index (χ4n) is 12.0. The van der Waals surface area contributed by atoms with Gasteiger partial charge in [0.2, 0.25) is 0 Å². The molecular formula is C63H50N2. The summed E-state index contributed by atoms with van der Waals surface area (Å²) in [5, 5.41) is 2.10. The van der Waals surface area contributed by atoms with Gasteiger partial charge in [-0.05, 0) is 109 Å². The van der Waals surface area contributed by atoms with Crippen LogP contribution in [-0.4, -0.2) is 4.57 Å². The van der Waals surface area contributed by atoms with Crippen molar-refractivity contribution in [2.75, 3.05) is 4.90 Å². The first-order valence-electron chi connectivity index (χ1n) is 25.3. The lowest BCUT2D eigenvalue weighted by molar-refractivity contribution is 0.660. The second kappa shape index (κ2) is 13.3. The number of rotatable bonds is 5. The molecule has 2 nitrogen and oxygen atoms in total. The van der Waals surface area contributed by atoms with Gasteiger partial charge in [-0.1, -0.05) is 193 Å². The number of hydrogen-bond acceptors (Lipinski definition) is 1. The monoisotopic (exact) mass is 839 g/mol. The molecule has 0 saturated heterocycles. The fraction of sp³-hybridized carbons (Fsp3) is 0.143. The number of nitrogens with zero attached hydrogens (tertiary/aromatic N) is 2. The predicted molar refractivity (Wildman–Crippen MR) is 274 cm³/mol. The Bertz CT molecular complexity index is 3810. The average molecular weight is 840 g/mol. The van der Waals surface area contributed by atoms with E-state index in [1.165, 1.54) is 50.1 Å². The summed E-state index contributed by atoms with van der Waals surface area (Å²) in [5.41, 5.74) is 20.3. The molecule has 0 unspecified atom stereocenters. The van der Waals surface area contributed by atoms with Crippen LogP contribution in [0.15, 0.2) is 194 Å². The Balaban J connectivity index is 1.13. The van der Waals surface area contributed by atoms with Gasteiger partial charge in [0.25, 0.3) is 0 Å². The number of para-hydroxylation sites is 1. The lowest BCUT2D eigenvalue weighted by Gasteiger charge is -2.30. The number of anilines is 3. The minimum Gasteiger partial charge on any atom is -0.310 e. The summed E-state index contributed by atoms with van der Waals surface area (Å²) in [6, 6.07) is 57.7. The zero-order valence-corrected chi connectivity index (χ0v) is 37.5. The summed E-state index contributed by atoms with van der Waals surface area (Å²) in [5.74, 6) is 0. The minimum absolute atomic E-state index is 0.179. The summed E-state index contributed by atoms with van der Waals surface area (Å²) in [7, 11) is 0. The van der Waals surface area contributed by atoms with E-state index in [0.29, 0.717) is 5.56 Å². The summed E-state index contributed by atoms with van der Waals surface area (Å²) in [6.07, 6.45) is 0. The molecule has 0 radical (unpaired) electrons. The third-order valence-electron chi connectivity index (χ3n) is 15.3. The standard InChI is InChI=1S/C63H50N2/c1-61(2)53-26-16-12-23-50(53)59-54(61)35-34-43(39-18-8-7-9-19-39)60(59)65-57-27-17-13-22-48(57)49-33-30-42(38-58(49)65)64(40-28-31-46-44-20-10-14-24-51(44)62(3,4)55(46)36-40)41-29-32-47-45-21-11-15-25-52(45)63(5,6)56(47)37-41/h7-38H,1-6H3/i7D,8D,9D,18D,19D. The number of aromatic nitrogens is 1. The number of fused-ring (bicyclic) bond motifs is 12. The normalized spacial score (nSPS) is 16.4. The van der Waals surface area contributed by atoms with Crippen LogP contribution in [0.5, 0.6) is 0 Å². The molecule has 0 bridgehead atoms. The molecule has 9 aromatic carbocycles. The first kappa shape index (κ1) is 33.1. The zero-order valence-electron chi connectivity index (χ0n) is 42.5. The topological polar surface area (TPSA) is 8.17 Å². The fourth-order valence-corrected chi connectivity index (χ4v) is 12.0. The van der Waals surface area contributed by atoms with E-state index in [2.05, 4.69) is 209 Å². The van der Waals surface area contributed by atoms with Crippen molar-refractivity contribution in [2.24, 2.45) is 0 Å². The molecule has 1 heterocycles. The van der Waals surface area contributed by atoms with Crippen LogP contribution in [0.4, 0.5) is 17.1 Å². The quantitative estimate of drug-likeness (QED) is 0.168. The van der Waals surface area contributed by atoms with Gasteiger partial charge in [0.15, 0.2) is 0 Å². The van der Waals surface area contributed by atoms with Crippen molar-refractivity contribution in [2.45, 2.75) is 57.8 Å². The second-order valence-electron chi connectivity index (χ2n) is 19.7. The Morgan fingerprint density at radius 3 is 1.48 bits per heavy atom. The third kappa shape index (κ3) is 5.17. The van der Waals surface area contributed by atoms with E-state index in [0.717, 1.165) is 61.2 Å². The van der Waals surface area contributed by atoms with E-state index in [1.807, 2.05) is 6.07 Å². The molecule has 0 fully saturated rings. The summed E-state index contributed by atoms with van der Waals surface area (Å²) in [4.78, 5) is 2.41. The van der Waals surface area contributed by atoms with Crippen molar-refractivity contribution >= 4 is 38.9 Å². The van der Waals surface area contributed by atoms with E-state index in [1.54, 1.807) is 0 Å². The molecule has 312 valence electrons. The van der Waals surface area contributed by atoms with Crippen molar-refractivity contribution in [1.29, 1.82) is 0 Å².